The zero-order valence-electron chi connectivity index (χ0n) is 7.33. The maximum absolute atomic E-state index is 8.52. The van der Waals surface area contributed by atoms with E-state index in [1.807, 2.05) is 30.3 Å². The first kappa shape index (κ1) is 9.88. The summed E-state index contributed by atoms with van der Waals surface area (Å²) in [6.07, 6.45) is -0.425. The first-order valence-electron chi connectivity index (χ1n) is 3.97. The van der Waals surface area contributed by atoms with Crippen LogP contribution >= 0.6 is 11.6 Å². The van der Waals surface area contributed by atoms with Gasteiger partial charge in [-0.05, 0) is 24.6 Å². The highest BCUT2D eigenvalue weighted by Crippen LogP contribution is 2.15. The smallest absolute Gasteiger partial charge is 0.181 e. The van der Waals surface area contributed by atoms with Gasteiger partial charge in [-0.1, -0.05) is 12.1 Å². The van der Waals surface area contributed by atoms with Crippen LogP contribution in [0.25, 0.3) is 0 Å². The minimum Gasteiger partial charge on any atom is -0.476 e. The predicted octanol–water partition coefficient (Wildman–Crippen LogP) is 2.72. The van der Waals surface area contributed by atoms with E-state index in [-0.39, 0.29) is 0 Å². The Labute approximate surface area is 82.7 Å². The lowest BCUT2D eigenvalue weighted by Crippen LogP contribution is -2.07. The minimum atomic E-state index is -0.425. The maximum Gasteiger partial charge on any atom is 0.181 e. The van der Waals surface area contributed by atoms with Crippen LogP contribution < -0.4 is 4.74 Å². The van der Waals surface area contributed by atoms with Crippen LogP contribution in [0.2, 0.25) is 0 Å². The molecular formula is C10H10ClNO. The van der Waals surface area contributed by atoms with Crippen molar-refractivity contribution in [2.75, 3.05) is 0 Å². The molecule has 0 aromatic heterocycles. The fraction of sp³-hybridized carbons (Fsp3) is 0.300. The monoisotopic (exact) mass is 195 g/mol. The van der Waals surface area contributed by atoms with Crippen LogP contribution in [0.1, 0.15) is 12.5 Å². The predicted molar refractivity (Wildman–Crippen MR) is 51.7 cm³/mol. The van der Waals surface area contributed by atoms with Gasteiger partial charge in [0.05, 0.1) is 0 Å². The molecule has 1 rings (SSSR count). The molecule has 0 aliphatic heterocycles. The van der Waals surface area contributed by atoms with Crippen molar-refractivity contribution in [1.82, 2.24) is 0 Å². The molecule has 0 bridgehead atoms. The van der Waals surface area contributed by atoms with Crippen LogP contribution in [0.15, 0.2) is 24.3 Å². The third-order valence-corrected chi connectivity index (χ3v) is 1.86. The molecule has 68 valence electrons. The molecule has 0 aliphatic rings. The molecule has 1 atom stereocenters. The molecule has 1 aromatic rings. The Morgan fingerprint density at radius 1 is 1.62 bits per heavy atom. The Morgan fingerprint density at radius 2 is 2.38 bits per heavy atom. The van der Waals surface area contributed by atoms with Gasteiger partial charge in [-0.2, -0.15) is 5.26 Å². The third-order valence-electron chi connectivity index (χ3n) is 1.55. The largest absolute Gasteiger partial charge is 0.476 e. The summed E-state index contributed by atoms with van der Waals surface area (Å²) in [5, 5.41) is 8.52. The second kappa shape index (κ2) is 4.74. The number of nitriles is 1. The number of benzene rings is 1. The topological polar surface area (TPSA) is 33.0 Å². The number of nitrogens with zero attached hydrogens (tertiary/aromatic N) is 1. The van der Waals surface area contributed by atoms with Crippen LogP contribution in [0.5, 0.6) is 5.75 Å². The number of halogens is 1. The third kappa shape index (κ3) is 2.96. The standard InChI is InChI=1S/C10H10ClNO/c1-8(7-12)13-10-4-2-3-9(5-10)6-11/h2-5,8H,6H2,1H3. The van der Waals surface area contributed by atoms with Gasteiger partial charge in [0.1, 0.15) is 11.8 Å². The number of alkyl halides is 1. The van der Waals surface area contributed by atoms with Crippen LogP contribution in [-0.2, 0) is 5.88 Å². The fourth-order valence-corrected chi connectivity index (χ4v) is 1.10. The molecule has 0 saturated carbocycles. The molecule has 1 aromatic carbocycles. The molecule has 0 saturated heterocycles. The van der Waals surface area contributed by atoms with Crippen molar-refractivity contribution in [2.45, 2.75) is 18.9 Å². The highest BCUT2D eigenvalue weighted by Gasteiger charge is 2.01. The lowest BCUT2D eigenvalue weighted by atomic mass is 10.2. The summed E-state index contributed by atoms with van der Waals surface area (Å²) in [5.74, 6) is 1.14. The summed E-state index contributed by atoms with van der Waals surface area (Å²) in [6, 6.07) is 9.41. The first-order valence-corrected chi connectivity index (χ1v) is 4.51. The maximum atomic E-state index is 8.52. The molecule has 0 radical (unpaired) electrons. The molecule has 0 amide bonds. The summed E-state index contributed by atoms with van der Waals surface area (Å²) in [5.41, 5.74) is 0.990. The van der Waals surface area contributed by atoms with Crippen molar-refractivity contribution in [2.24, 2.45) is 0 Å². The molecule has 3 heteroatoms. The molecule has 0 N–H and O–H groups in total. The number of hydrogen-bond acceptors (Lipinski definition) is 2. The average molecular weight is 196 g/mol. The van der Waals surface area contributed by atoms with E-state index in [1.165, 1.54) is 0 Å². The quantitative estimate of drug-likeness (QED) is 0.695. The Balaban J connectivity index is 2.73. The Bertz CT molecular complexity index is 319. The summed E-state index contributed by atoms with van der Waals surface area (Å²) < 4.78 is 5.29. The van der Waals surface area contributed by atoms with Crippen LogP contribution in [0.3, 0.4) is 0 Å². The summed E-state index contributed by atoms with van der Waals surface area (Å²) in [4.78, 5) is 0. The van der Waals surface area contributed by atoms with Gasteiger partial charge in [0, 0.05) is 5.88 Å². The van der Waals surface area contributed by atoms with Crippen LogP contribution in [0, 0.1) is 11.3 Å². The van der Waals surface area contributed by atoms with Gasteiger partial charge < -0.3 is 4.74 Å². The van der Waals surface area contributed by atoms with Gasteiger partial charge in [-0.3, -0.25) is 0 Å². The van der Waals surface area contributed by atoms with Crippen LogP contribution in [-0.4, -0.2) is 6.10 Å². The SMILES string of the molecule is CC(C#N)Oc1cccc(CCl)c1. The summed E-state index contributed by atoms with van der Waals surface area (Å²) >= 11 is 5.65. The van der Waals surface area contributed by atoms with E-state index in [1.54, 1.807) is 6.92 Å². The van der Waals surface area contributed by atoms with Gasteiger partial charge >= 0.3 is 0 Å². The normalized spacial score (nSPS) is 11.8. The van der Waals surface area contributed by atoms with Crippen molar-refractivity contribution in [3.8, 4) is 11.8 Å². The number of ether oxygens (including phenoxy) is 1. The molecule has 13 heavy (non-hydrogen) atoms. The van der Waals surface area contributed by atoms with E-state index in [2.05, 4.69) is 0 Å². The Morgan fingerprint density at radius 3 is 3.00 bits per heavy atom. The van der Waals surface area contributed by atoms with E-state index in [0.29, 0.717) is 11.6 Å². The van der Waals surface area contributed by atoms with E-state index in [4.69, 9.17) is 21.6 Å². The van der Waals surface area contributed by atoms with E-state index < -0.39 is 6.10 Å². The molecule has 0 aliphatic carbocycles. The fourth-order valence-electron chi connectivity index (χ4n) is 0.932. The summed E-state index contributed by atoms with van der Waals surface area (Å²) in [6.45, 7) is 1.70. The van der Waals surface area contributed by atoms with Crippen molar-refractivity contribution in [1.29, 1.82) is 5.26 Å². The second-order valence-corrected chi connectivity index (χ2v) is 2.94. The Kier molecular flexibility index (Phi) is 3.60. The van der Waals surface area contributed by atoms with Gasteiger partial charge in [0.15, 0.2) is 6.10 Å². The van der Waals surface area contributed by atoms with Crippen molar-refractivity contribution in [3.63, 3.8) is 0 Å². The average Bonchev–Trinajstić information content (AvgIpc) is 2.18. The van der Waals surface area contributed by atoms with Gasteiger partial charge in [0.2, 0.25) is 0 Å². The van der Waals surface area contributed by atoms with Crippen molar-refractivity contribution < 1.29 is 4.74 Å². The molecular weight excluding hydrogens is 186 g/mol. The van der Waals surface area contributed by atoms with Crippen molar-refractivity contribution in [3.05, 3.63) is 29.8 Å². The van der Waals surface area contributed by atoms with Crippen molar-refractivity contribution >= 4 is 11.6 Å². The second-order valence-electron chi connectivity index (χ2n) is 2.67. The highest BCUT2D eigenvalue weighted by molar-refractivity contribution is 6.17. The lowest BCUT2D eigenvalue weighted by Gasteiger charge is -2.07. The highest BCUT2D eigenvalue weighted by atomic mass is 35.5. The van der Waals surface area contributed by atoms with E-state index in [0.717, 1.165) is 5.56 Å². The van der Waals surface area contributed by atoms with Gasteiger partial charge in [-0.15, -0.1) is 11.6 Å². The van der Waals surface area contributed by atoms with E-state index >= 15 is 0 Å². The van der Waals surface area contributed by atoms with Gasteiger partial charge in [0.25, 0.3) is 0 Å². The molecule has 0 fully saturated rings. The lowest BCUT2D eigenvalue weighted by molar-refractivity contribution is 0.276. The van der Waals surface area contributed by atoms with E-state index in [9.17, 15) is 0 Å². The zero-order valence-corrected chi connectivity index (χ0v) is 8.08. The molecule has 2 nitrogen and oxygen atoms in total. The Hall–Kier alpha value is -1.20. The number of hydrogen-bond donors (Lipinski definition) is 0. The van der Waals surface area contributed by atoms with Gasteiger partial charge in [-0.25, -0.2) is 0 Å². The molecule has 1 unspecified atom stereocenters. The summed E-state index contributed by atoms with van der Waals surface area (Å²) in [7, 11) is 0. The number of rotatable bonds is 3. The zero-order chi connectivity index (χ0) is 9.68. The first-order chi connectivity index (χ1) is 6.26. The van der Waals surface area contributed by atoms with Crippen LogP contribution in [0.4, 0.5) is 0 Å². The molecule has 0 spiro atoms. The minimum absolute atomic E-state index is 0.425. The molecule has 0 heterocycles.